The largest absolute Gasteiger partial charge is 0.372 e. The highest BCUT2D eigenvalue weighted by molar-refractivity contribution is 6.36. The van der Waals surface area contributed by atoms with Crippen LogP contribution in [0.15, 0.2) is 18.2 Å². The van der Waals surface area contributed by atoms with Crippen LogP contribution in [0, 0.1) is 5.92 Å². The van der Waals surface area contributed by atoms with Crippen molar-refractivity contribution in [1.82, 2.24) is 10.2 Å². The minimum atomic E-state index is -0.605. The first kappa shape index (κ1) is 21.0. The summed E-state index contributed by atoms with van der Waals surface area (Å²) in [6.07, 6.45) is 0.503. The summed E-state index contributed by atoms with van der Waals surface area (Å²) in [5.74, 6) is -0.208. The van der Waals surface area contributed by atoms with E-state index < -0.39 is 6.04 Å². The Kier molecular flexibility index (Phi) is 7.33. The summed E-state index contributed by atoms with van der Waals surface area (Å²) in [5, 5.41) is 3.57. The smallest absolute Gasteiger partial charge is 0.253 e. The number of rotatable bonds is 5. The van der Waals surface area contributed by atoms with E-state index in [0.717, 1.165) is 0 Å². The van der Waals surface area contributed by atoms with Crippen molar-refractivity contribution >= 4 is 35.0 Å². The average molecular weight is 401 g/mol. The third-order valence-corrected chi connectivity index (χ3v) is 4.77. The maximum atomic E-state index is 13.0. The van der Waals surface area contributed by atoms with Gasteiger partial charge in [0.2, 0.25) is 5.91 Å². The van der Waals surface area contributed by atoms with Crippen LogP contribution in [0.3, 0.4) is 0 Å². The van der Waals surface area contributed by atoms with Gasteiger partial charge in [0.05, 0.1) is 22.8 Å². The van der Waals surface area contributed by atoms with Crippen LogP contribution in [0.5, 0.6) is 0 Å². The number of nitrogens with one attached hydrogen (secondary N) is 1. The van der Waals surface area contributed by atoms with Crippen LogP contribution in [-0.2, 0) is 9.53 Å². The number of hydrogen-bond donors (Lipinski definition) is 1. The third kappa shape index (κ3) is 5.60. The van der Waals surface area contributed by atoms with E-state index in [1.165, 1.54) is 6.07 Å². The first-order valence-corrected chi connectivity index (χ1v) is 9.63. The highest BCUT2D eigenvalue weighted by atomic mass is 35.5. The molecule has 1 saturated heterocycles. The van der Waals surface area contributed by atoms with E-state index in [1.54, 1.807) is 17.0 Å². The van der Waals surface area contributed by atoms with Crippen molar-refractivity contribution in [3.05, 3.63) is 33.8 Å². The van der Waals surface area contributed by atoms with Crippen LogP contribution in [0.2, 0.25) is 10.0 Å². The number of amides is 2. The Labute approximate surface area is 165 Å². The molecule has 0 aliphatic carbocycles. The Morgan fingerprint density at radius 1 is 1.23 bits per heavy atom. The van der Waals surface area contributed by atoms with Gasteiger partial charge in [0, 0.05) is 18.1 Å². The van der Waals surface area contributed by atoms with E-state index in [0.29, 0.717) is 30.1 Å². The minimum Gasteiger partial charge on any atom is -0.372 e. The summed E-state index contributed by atoms with van der Waals surface area (Å²) >= 11 is 12.0. The highest BCUT2D eigenvalue weighted by Gasteiger charge is 2.32. The van der Waals surface area contributed by atoms with Gasteiger partial charge in [-0.05, 0) is 44.4 Å². The summed E-state index contributed by atoms with van der Waals surface area (Å²) < 4.78 is 5.69. The second-order valence-corrected chi connectivity index (χ2v) is 8.12. The van der Waals surface area contributed by atoms with Gasteiger partial charge in [0.25, 0.3) is 5.91 Å². The van der Waals surface area contributed by atoms with Crippen molar-refractivity contribution in [3.63, 3.8) is 0 Å². The zero-order valence-corrected chi connectivity index (χ0v) is 17.1. The van der Waals surface area contributed by atoms with E-state index in [-0.39, 0.29) is 35.0 Å². The molecular formula is C19H26Cl2N2O3. The number of ether oxygens (including phenoxy) is 1. The number of morpholine rings is 1. The maximum absolute atomic E-state index is 13.0. The molecule has 7 heteroatoms. The van der Waals surface area contributed by atoms with Gasteiger partial charge >= 0.3 is 0 Å². The Bertz CT molecular complexity index is 656. The number of nitrogens with zero attached hydrogens (tertiary/aromatic N) is 1. The molecule has 144 valence electrons. The quantitative estimate of drug-likeness (QED) is 0.817. The Morgan fingerprint density at radius 3 is 2.38 bits per heavy atom. The molecule has 1 aromatic carbocycles. The third-order valence-electron chi connectivity index (χ3n) is 4.22. The molecule has 2 amide bonds. The van der Waals surface area contributed by atoms with Crippen molar-refractivity contribution in [2.24, 2.45) is 5.92 Å². The topological polar surface area (TPSA) is 58.6 Å². The number of halogens is 2. The SMILES string of the molecule is CC(C)C[C@@H](NC(=O)c1ccc(Cl)cc1Cl)C(=O)N1C[C@@H](C)O[C@H](C)C1. The van der Waals surface area contributed by atoms with Gasteiger partial charge in [-0.25, -0.2) is 0 Å². The zero-order valence-electron chi connectivity index (χ0n) is 15.6. The van der Waals surface area contributed by atoms with E-state index in [4.69, 9.17) is 27.9 Å². The van der Waals surface area contributed by atoms with Crippen molar-refractivity contribution in [3.8, 4) is 0 Å². The molecule has 0 radical (unpaired) electrons. The summed E-state index contributed by atoms with van der Waals surface area (Å²) in [4.78, 5) is 27.5. The van der Waals surface area contributed by atoms with Crippen molar-refractivity contribution < 1.29 is 14.3 Å². The fraction of sp³-hybridized carbons (Fsp3) is 0.579. The molecule has 1 fully saturated rings. The molecule has 1 aliphatic heterocycles. The minimum absolute atomic E-state index is 0.0242. The zero-order chi connectivity index (χ0) is 19.4. The van der Waals surface area contributed by atoms with Gasteiger partial charge in [0.15, 0.2) is 0 Å². The lowest BCUT2D eigenvalue weighted by Crippen LogP contribution is -2.55. The van der Waals surface area contributed by atoms with E-state index >= 15 is 0 Å². The second-order valence-electron chi connectivity index (χ2n) is 7.28. The fourth-order valence-electron chi connectivity index (χ4n) is 3.18. The number of carbonyl (C=O) groups excluding carboxylic acids is 2. The standard InChI is InChI=1S/C19H26Cl2N2O3/c1-11(2)7-17(19(25)23-9-12(3)26-13(4)10-23)22-18(24)15-6-5-14(20)8-16(15)21/h5-6,8,11-13,17H,7,9-10H2,1-4H3,(H,22,24)/t12-,13-,17-/m1/s1. The lowest BCUT2D eigenvalue weighted by Gasteiger charge is -2.37. The monoisotopic (exact) mass is 400 g/mol. The van der Waals surface area contributed by atoms with Crippen LogP contribution in [0.1, 0.15) is 44.5 Å². The van der Waals surface area contributed by atoms with Crippen LogP contribution in [-0.4, -0.2) is 48.1 Å². The predicted octanol–water partition coefficient (Wildman–Crippen LogP) is 3.77. The first-order valence-electron chi connectivity index (χ1n) is 8.87. The van der Waals surface area contributed by atoms with Crippen LogP contribution in [0.4, 0.5) is 0 Å². The van der Waals surface area contributed by atoms with Gasteiger partial charge in [-0.2, -0.15) is 0 Å². The van der Waals surface area contributed by atoms with Crippen molar-refractivity contribution in [1.29, 1.82) is 0 Å². The molecule has 1 aromatic rings. The molecule has 2 rings (SSSR count). The number of benzene rings is 1. The second kappa shape index (κ2) is 9.07. The lowest BCUT2D eigenvalue weighted by molar-refractivity contribution is -0.145. The first-order chi connectivity index (χ1) is 12.2. The van der Waals surface area contributed by atoms with Gasteiger partial charge in [0.1, 0.15) is 6.04 Å². The molecule has 0 spiro atoms. The normalized spacial score (nSPS) is 21.6. The number of hydrogen-bond acceptors (Lipinski definition) is 3. The summed E-state index contributed by atoms with van der Waals surface area (Å²) in [7, 11) is 0. The van der Waals surface area contributed by atoms with Crippen molar-refractivity contribution in [2.45, 2.75) is 52.4 Å². The molecule has 26 heavy (non-hydrogen) atoms. The van der Waals surface area contributed by atoms with Crippen molar-refractivity contribution in [2.75, 3.05) is 13.1 Å². The van der Waals surface area contributed by atoms with Crippen LogP contribution < -0.4 is 5.32 Å². The molecule has 0 unspecified atom stereocenters. The van der Waals surface area contributed by atoms with Gasteiger partial charge in [-0.1, -0.05) is 37.0 Å². The molecule has 5 nitrogen and oxygen atoms in total. The molecule has 3 atom stereocenters. The molecule has 0 saturated carbocycles. The summed E-state index contributed by atoms with van der Waals surface area (Å²) in [6, 6.07) is 4.08. The maximum Gasteiger partial charge on any atom is 0.253 e. The Balaban J connectivity index is 2.15. The van der Waals surface area contributed by atoms with E-state index in [9.17, 15) is 9.59 Å². The molecule has 1 aliphatic rings. The Hall–Kier alpha value is -1.30. The van der Waals surface area contributed by atoms with Crippen LogP contribution >= 0.6 is 23.2 Å². The fourth-order valence-corrected chi connectivity index (χ4v) is 3.68. The summed E-state index contributed by atoms with van der Waals surface area (Å²) in [5.41, 5.74) is 0.307. The predicted molar refractivity (Wildman–Crippen MR) is 104 cm³/mol. The molecule has 0 bridgehead atoms. The Morgan fingerprint density at radius 2 is 1.85 bits per heavy atom. The van der Waals surface area contributed by atoms with E-state index in [1.807, 2.05) is 27.7 Å². The van der Waals surface area contributed by atoms with E-state index in [2.05, 4.69) is 5.32 Å². The average Bonchev–Trinajstić information content (AvgIpc) is 2.52. The highest BCUT2D eigenvalue weighted by Crippen LogP contribution is 2.22. The van der Waals surface area contributed by atoms with Gasteiger partial charge < -0.3 is 15.0 Å². The summed E-state index contributed by atoms with van der Waals surface area (Å²) in [6.45, 7) is 8.97. The molecule has 0 aromatic heterocycles. The molecular weight excluding hydrogens is 375 g/mol. The van der Waals surface area contributed by atoms with Crippen LogP contribution in [0.25, 0.3) is 0 Å². The number of carbonyl (C=O) groups is 2. The van der Waals surface area contributed by atoms with Gasteiger partial charge in [-0.3, -0.25) is 9.59 Å². The van der Waals surface area contributed by atoms with Gasteiger partial charge in [-0.15, -0.1) is 0 Å². The molecule has 1 heterocycles. The lowest BCUT2D eigenvalue weighted by atomic mass is 10.0. The molecule has 1 N–H and O–H groups in total.